The molecule has 5 rings (SSSR count). The number of aromatic nitrogens is 1. The van der Waals surface area contributed by atoms with E-state index >= 15 is 0 Å². The Hall–Kier alpha value is -3.01. The Bertz CT molecular complexity index is 1260. The number of hydrogen-bond donors (Lipinski definition) is 0. The standard InChI is InChI=1S/C24H25N3O5S/c28-24(19-5-8-21(9-6-19)33(29,30)27-13-15-31-16-14-27)26-12-11-20(17-26)32-23-10-7-18-3-1-2-4-22(18)25-23/h1-10,20H,11-17H2. The fourth-order valence-electron chi connectivity index (χ4n) is 4.18. The van der Waals surface area contributed by atoms with E-state index in [0.717, 1.165) is 10.9 Å². The van der Waals surface area contributed by atoms with Crippen molar-refractivity contribution in [3.8, 4) is 5.88 Å². The number of rotatable bonds is 5. The third-order valence-corrected chi connectivity index (χ3v) is 7.91. The van der Waals surface area contributed by atoms with Crippen LogP contribution in [0.1, 0.15) is 16.8 Å². The van der Waals surface area contributed by atoms with Crippen molar-refractivity contribution in [1.82, 2.24) is 14.2 Å². The maximum Gasteiger partial charge on any atom is 0.253 e. The molecule has 2 saturated heterocycles. The summed E-state index contributed by atoms with van der Waals surface area (Å²) >= 11 is 0. The summed E-state index contributed by atoms with van der Waals surface area (Å²) in [6.45, 7) is 2.49. The lowest BCUT2D eigenvalue weighted by molar-refractivity contribution is 0.0730. The molecule has 0 bridgehead atoms. The summed E-state index contributed by atoms with van der Waals surface area (Å²) in [5, 5.41) is 1.05. The number of carbonyl (C=O) groups excluding carboxylic acids is 1. The molecule has 9 heteroatoms. The summed E-state index contributed by atoms with van der Waals surface area (Å²) in [6.07, 6.45) is 0.576. The van der Waals surface area contributed by atoms with Crippen LogP contribution in [0, 0.1) is 0 Å². The number of sulfonamides is 1. The number of morpholine rings is 1. The average molecular weight is 468 g/mol. The molecule has 0 N–H and O–H groups in total. The van der Waals surface area contributed by atoms with E-state index < -0.39 is 10.0 Å². The molecule has 172 valence electrons. The van der Waals surface area contributed by atoms with Crippen LogP contribution >= 0.6 is 0 Å². The third kappa shape index (κ3) is 4.57. The Morgan fingerprint density at radius 1 is 0.970 bits per heavy atom. The van der Waals surface area contributed by atoms with Gasteiger partial charge in [0.25, 0.3) is 5.91 Å². The summed E-state index contributed by atoms with van der Waals surface area (Å²) in [4.78, 5) is 19.4. The SMILES string of the molecule is O=C(c1ccc(S(=O)(=O)N2CCOCC2)cc1)N1CCC(Oc2ccc3ccccc3n2)C1. The van der Waals surface area contributed by atoms with Crippen molar-refractivity contribution in [3.63, 3.8) is 0 Å². The van der Waals surface area contributed by atoms with Gasteiger partial charge >= 0.3 is 0 Å². The van der Waals surface area contributed by atoms with Crippen LogP contribution in [-0.4, -0.2) is 74.0 Å². The lowest BCUT2D eigenvalue weighted by Gasteiger charge is -2.26. The Kier molecular flexibility index (Phi) is 6.01. The van der Waals surface area contributed by atoms with E-state index in [1.807, 2.05) is 36.4 Å². The van der Waals surface area contributed by atoms with Gasteiger partial charge in [0.05, 0.1) is 30.2 Å². The smallest absolute Gasteiger partial charge is 0.253 e. The molecule has 3 heterocycles. The quantitative estimate of drug-likeness (QED) is 0.573. The van der Waals surface area contributed by atoms with Crippen LogP contribution in [0.4, 0.5) is 0 Å². The van der Waals surface area contributed by atoms with E-state index in [-0.39, 0.29) is 16.9 Å². The van der Waals surface area contributed by atoms with Gasteiger partial charge in [-0.2, -0.15) is 4.31 Å². The van der Waals surface area contributed by atoms with Gasteiger partial charge in [0.1, 0.15) is 6.10 Å². The van der Waals surface area contributed by atoms with Gasteiger partial charge in [0.2, 0.25) is 15.9 Å². The summed E-state index contributed by atoms with van der Waals surface area (Å²) < 4.78 is 38.2. The predicted octanol–water partition coefficient (Wildman–Crippen LogP) is 2.55. The number of ether oxygens (including phenoxy) is 2. The molecule has 3 aromatic rings. The molecule has 0 spiro atoms. The zero-order valence-electron chi connectivity index (χ0n) is 18.1. The van der Waals surface area contributed by atoms with Crippen molar-refractivity contribution in [3.05, 3.63) is 66.2 Å². The monoisotopic (exact) mass is 467 g/mol. The van der Waals surface area contributed by atoms with Crippen LogP contribution in [0.15, 0.2) is 65.6 Å². The topological polar surface area (TPSA) is 89.0 Å². The maximum absolute atomic E-state index is 13.0. The highest BCUT2D eigenvalue weighted by Gasteiger charge is 2.30. The first kappa shape index (κ1) is 21.8. The number of fused-ring (bicyclic) bond motifs is 1. The molecular weight excluding hydrogens is 442 g/mol. The minimum atomic E-state index is -3.58. The van der Waals surface area contributed by atoms with E-state index in [0.29, 0.717) is 57.3 Å². The summed E-state index contributed by atoms with van der Waals surface area (Å²) in [7, 11) is -3.58. The number of pyridine rings is 1. The Balaban J connectivity index is 1.22. The number of carbonyl (C=O) groups is 1. The molecule has 33 heavy (non-hydrogen) atoms. The first-order chi connectivity index (χ1) is 16.0. The molecular formula is C24H25N3O5S. The number of amides is 1. The molecule has 8 nitrogen and oxygen atoms in total. The fraction of sp³-hybridized carbons (Fsp3) is 0.333. The summed E-state index contributed by atoms with van der Waals surface area (Å²) in [6, 6.07) is 17.8. The number of nitrogens with zero attached hydrogens (tertiary/aromatic N) is 3. The van der Waals surface area contributed by atoms with Gasteiger partial charge in [-0.25, -0.2) is 13.4 Å². The maximum atomic E-state index is 13.0. The highest BCUT2D eigenvalue weighted by molar-refractivity contribution is 7.89. The first-order valence-corrected chi connectivity index (χ1v) is 12.4. The van der Waals surface area contributed by atoms with E-state index in [2.05, 4.69) is 4.98 Å². The van der Waals surface area contributed by atoms with Gasteiger partial charge in [-0.3, -0.25) is 4.79 Å². The zero-order chi connectivity index (χ0) is 22.8. The summed E-state index contributed by atoms with van der Waals surface area (Å²) in [5.41, 5.74) is 1.33. The van der Waals surface area contributed by atoms with Gasteiger partial charge in [-0.05, 0) is 36.4 Å². The van der Waals surface area contributed by atoms with Gasteiger partial charge in [-0.15, -0.1) is 0 Å². The van der Waals surface area contributed by atoms with E-state index in [4.69, 9.17) is 9.47 Å². The van der Waals surface area contributed by atoms with Crippen LogP contribution in [0.3, 0.4) is 0 Å². The van der Waals surface area contributed by atoms with Gasteiger partial charge in [0, 0.05) is 43.1 Å². The second-order valence-electron chi connectivity index (χ2n) is 8.16. The lowest BCUT2D eigenvalue weighted by Crippen LogP contribution is -2.40. The number of hydrogen-bond acceptors (Lipinski definition) is 6. The second kappa shape index (κ2) is 9.09. The highest BCUT2D eigenvalue weighted by atomic mass is 32.2. The van der Waals surface area contributed by atoms with E-state index in [1.165, 1.54) is 16.4 Å². The van der Waals surface area contributed by atoms with Crippen LogP contribution < -0.4 is 4.74 Å². The van der Waals surface area contributed by atoms with Crippen LogP contribution in [0.5, 0.6) is 5.88 Å². The Morgan fingerprint density at radius 3 is 2.52 bits per heavy atom. The minimum absolute atomic E-state index is 0.136. The fourth-order valence-corrected chi connectivity index (χ4v) is 5.59. The molecule has 2 aliphatic rings. The van der Waals surface area contributed by atoms with E-state index in [1.54, 1.807) is 17.0 Å². The van der Waals surface area contributed by atoms with Crippen molar-refractivity contribution in [1.29, 1.82) is 0 Å². The summed E-state index contributed by atoms with van der Waals surface area (Å²) in [5.74, 6) is 0.411. The molecule has 1 amide bonds. The zero-order valence-corrected chi connectivity index (χ0v) is 18.9. The van der Waals surface area contributed by atoms with Crippen molar-refractivity contribution in [2.45, 2.75) is 17.4 Å². The predicted molar refractivity (Wildman–Crippen MR) is 123 cm³/mol. The molecule has 2 aromatic carbocycles. The van der Waals surface area contributed by atoms with Crippen molar-refractivity contribution in [2.75, 3.05) is 39.4 Å². The molecule has 2 fully saturated rings. The molecule has 1 unspecified atom stereocenters. The molecule has 1 aromatic heterocycles. The lowest BCUT2D eigenvalue weighted by atomic mass is 10.2. The number of benzene rings is 2. The van der Waals surface area contributed by atoms with Crippen LogP contribution in [0.2, 0.25) is 0 Å². The number of likely N-dealkylation sites (tertiary alicyclic amines) is 1. The van der Waals surface area contributed by atoms with Gasteiger partial charge < -0.3 is 14.4 Å². The Labute approximate surface area is 192 Å². The van der Waals surface area contributed by atoms with Crippen molar-refractivity contribution >= 4 is 26.8 Å². The largest absolute Gasteiger partial charge is 0.472 e. The molecule has 1 atom stereocenters. The normalized spacial score (nSPS) is 19.6. The van der Waals surface area contributed by atoms with Gasteiger partial charge in [0.15, 0.2) is 0 Å². The molecule has 0 saturated carbocycles. The van der Waals surface area contributed by atoms with Crippen LogP contribution in [-0.2, 0) is 14.8 Å². The first-order valence-electron chi connectivity index (χ1n) is 11.0. The van der Waals surface area contributed by atoms with E-state index in [9.17, 15) is 13.2 Å². The van der Waals surface area contributed by atoms with Crippen molar-refractivity contribution < 1.29 is 22.7 Å². The second-order valence-corrected chi connectivity index (χ2v) is 10.1. The average Bonchev–Trinajstić information content (AvgIpc) is 3.32. The van der Waals surface area contributed by atoms with Crippen molar-refractivity contribution in [2.24, 2.45) is 0 Å². The van der Waals surface area contributed by atoms with Gasteiger partial charge in [-0.1, -0.05) is 18.2 Å². The highest BCUT2D eigenvalue weighted by Crippen LogP contribution is 2.23. The Morgan fingerprint density at radius 2 is 1.73 bits per heavy atom. The molecule has 0 radical (unpaired) electrons. The molecule has 2 aliphatic heterocycles. The third-order valence-electron chi connectivity index (χ3n) is 6.00. The molecule has 0 aliphatic carbocycles. The number of para-hydroxylation sites is 1. The van der Waals surface area contributed by atoms with Crippen LogP contribution in [0.25, 0.3) is 10.9 Å². The minimum Gasteiger partial charge on any atom is -0.472 e.